The number of benzene rings is 1. The van der Waals surface area contributed by atoms with Crippen LogP contribution in [0, 0.1) is 0 Å². The number of hydrogen-bond donors (Lipinski definition) is 2. The highest BCUT2D eigenvalue weighted by Gasteiger charge is 2.12. The fourth-order valence-corrected chi connectivity index (χ4v) is 2.20. The Balaban J connectivity index is 2.04. The third kappa shape index (κ3) is 3.78. The van der Waals surface area contributed by atoms with Crippen molar-refractivity contribution in [1.29, 1.82) is 0 Å². The molecule has 96 valence electrons. The molecule has 1 aromatic carbocycles. The number of thiocarbonyl (C=S) groups is 1. The van der Waals surface area contributed by atoms with Gasteiger partial charge in [0.15, 0.2) is 5.11 Å². The molecule has 0 spiro atoms. The van der Waals surface area contributed by atoms with E-state index in [1.807, 2.05) is 6.07 Å². The summed E-state index contributed by atoms with van der Waals surface area (Å²) < 4.78 is 0. The number of nitrogens with two attached hydrogens (primary N) is 1. The summed E-state index contributed by atoms with van der Waals surface area (Å²) in [6.45, 7) is 3.36. The van der Waals surface area contributed by atoms with Gasteiger partial charge in [0.2, 0.25) is 0 Å². The van der Waals surface area contributed by atoms with Crippen LogP contribution in [0.5, 0.6) is 0 Å². The average Bonchev–Trinajstić information content (AvgIpc) is 2.84. The predicted octanol–water partition coefficient (Wildman–Crippen LogP) is 1.45. The quantitative estimate of drug-likeness (QED) is 0.490. The van der Waals surface area contributed by atoms with Crippen LogP contribution in [-0.2, 0) is 6.54 Å². The molecule has 1 aliphatic rings. The lowest BCUT2D eigenvalue weighted by atomic mass is 10.1. The Labute approximate surface area is 113 Å². The van der Waals surface area contributed by atoms with Crippen LogP contribution in [-0.4, -0.2) is 29.3 Å². The summed E-state index contributed by atoms with van der Waals surface area (Å²) in [6.07, 6.45) is 4.38. The van der Waals surface area contributed by atoms with Crippen LogP contribution in [0.25, 0.3) is 0 Å². The highest BCUT2D eigenvalue weighted by Crippen LogP contribution is 2.14. The maximum atomic E-state index is 5.33. The molecule has 0 unspecified atom stereocenters. The lowest BCUT2D eigenvalue weighted by Gasteiger charge is -2.15. The molecule has 1 heterocycles. The molecule has 0 atom stereocenters. The van der Waals surface area contributed by atoms with Gasteiger partial charge in [-0.15, -0.1) is 0 Å². The minimum Gasteiger partial charge on any atom is -0.375 e. The van der Waals surface area contributed by atoms with E-state index in [1.165, 1.54) is 31.5 Å². The van der Waals surface area contributed by atoms with Crippen LogP contribution >= 0.6 is 12.2 Å². The zero-order chi connectivity index (χ0) is 12.8. The predicted molar refractivity (Wildman–Crippen MR) is 78.5 cm³/mol. The average molecular weight is 262 g/mol. The fraction of sp³-hybridized carbons (Fsp3) is 0.385. The molecule has 0 aliphatic carbocycles. The summed E-state index contributed by atoms with van der Waals surface area (Å²) >= 11 is 4.70. The maximum Gasteiger partial charge on any atom is 0.184 e. The third-order valence-corrected chi connectivity index (χ3v) is 3.12. The van der Waals surface area contributed by atoms with Gasteiger partial charge in [-0.2, -0.15) is 5.10 Å². The maximum absolute atomic E-state index is 5.33. The molecule has 0 radical (unpaired) electrons. The molecule has 3 N–H and O–H groups in total. The molecular weight excluding hydrogens is 244 g/mol. The van der Waals surface area contributed by atoms with Crippen LogP contribution in [0.15, 0.2) is 29.4 Å². The van der Waals surface area contributed by atoms with Gasteiger partial charge in [-0.1, -0.05) is 24.3 Å². The molecule has 4 nitrogen and oxygen atoms in total. The smallest absolute Gasteiger partial charge is 0.184 e. The summed E-state index contributed by atoms with van der Waals surface area (Å²) in [6, 6.07) is 8.26. The van der Waals surface area contributed by atoms with Crippen molar-refractivity contribution < 1.29 is 0 Å². The SMILES string of the molecule is NC(=S)NN=Cc1ccccc1CN1CCCC1. The van der Waals surface area contributed by atoms with E-state index in [0.29, 0.717) is 0 Å². The first kappa shape index (κ1) is 13.0. The van der Waals surface area contributed by atoms with E-state index in [1.54, 1.807) is 6.21 Å². The van der Waals surface area contributed by atoms with Crippen LogP contribution in [0.4, 0.5) is 0 Å². The Morgan fingerprint density at radius 3 is 2.83 bits per heavy atom. The molecule has 0 amide bonds. The molecule has 5 heteroatoms. The van der Waals surface area contributed by atoms with Gasteiger partial charge in [0.1, 0.15) is 0 Å². The zero-order valence-corrected chi connectivity index (χ0v) is 11.1. The number of hydrogen-bond acceptors (Lipinski definition) is 3. The third-order valence-electron chi connectivity index (χ3n) is 3.03. The van der Waals surface area contributed by atoms with Crippen molar-refractivity contribution in [3.05, 3.63) is 35.4 Å². The zero-order valence-electron chi connectivity index (χ0n) is 10.3. The second-order valence-corrected chi connectivity index (χ2v) is 4.86. The largest absolute Gasteiger partial charge is 0.375 e. The highest BCUT2D eigenvalue weighted by molar-refractivity contribution is 7.80. The van der Waals surface area contributed by atoms with Gasteiger partial charge in [-0.25, -0.2) is 0 Å². The monoisotopic (exact) mass is 262 g/mol. The summed E-state index contributed by atoms with van der Waals surface area (Å²) in [5, 5.41) is 4.20. The lowest BCUT2D eigenvalue weighted by Crippen LogP contribution is -2.24. The molecule has 1 fully saturated rings. The van der Waals surface area contributed by atoms with Gasteiger partial charge in [0.05, 0.1) is 6.21 Å². The molecule has 1 aromatic rings. The number of nitrogens with one attached hydrogen (secondary N) is 1. The van der Waals surface area contributed by atoms with Crippen LogP contribution in [0.1, 0.15) is 24.0 Å². The molecule has 18 heavy (non-hydrogen) atoms. The fourth-order valence-electron chi connectivity index (χ4n) is 2.15. The minimum atomic E-state index is 0.184. The van der Waals surface area contributed by atoms with Crippen molar-refractivity contribution in [2.45, 2.75) is 19.4 Å². The van der Waals surface area contributed by atoms with Crippen molar-refractivity contribution in [2.24, 2.45) is 10.8 Å². The molecular formula is C13H18N4S. The Morgan fingerprint density at radius 2 is 2.11 bits per heavy atom. The van der Waals surface area contributed by atoms with Crippen LogP contribution in [0.3, 0.4) is 0 Å². The van der Waals surface area contributed by atoms with Crippen molar-refractivity contribution >= 4 is 23.5 Å². The van der Waals surface area contributed by atoms with Gasteiger partial charge < -0.3 is 5.73 Å². The Bertz CT molecular complexity index is 438. The van der Waals surface area contributed by atoms with E-state index >= 15 is 0 Å². The van der Waals surface area contributed by atoms with Crippen molar-refractivity contribution in [2.75, 3.05) is 13.1 Å². The molecule has 0 bridgehead atoms. The van der Waals surface area contributed by atoms with E-state index in [2.05, 4.69) is 33.6 Å². The summed E-state index contributed by atoms with van der Waals surface area (Å²) in [5.41, 5.74) is 10.3. The molecule has 1 aliphatic heterocycles. The standard InChI is InChI=1S/C13H18N4S/c14-13(18)16-15-9-11-5-1-2-6-12(11)10-17-7-3-4-8-17/h1-2,5-6,9H,3-4,7-8,10H2,(H3,14,16,18). The Morgan fingerprint density at radius 1 is 1.39 bits per heavy atom. The first-order chi connectivity index (χ1) is 8.75. The van der Waals surface area contributed by atoms with E-state index in [-0.39, 0.29) is 5.11 Å². The topological polar surface area (TPSA) is 53.6 Å². The normalized spacial score (nSPS) is 16.2. The van der Waals surface area contributed by atoms with E-state index in [4.69, 9.17) is 18.0 Å². The number of hydrazone groups is 1. The van der Waals surface area contributed by atoms with E-state index in [9.17, 15) is 0 Å². The second-order valence-electron chi connectivity index (χ2n) is 4.42. The first-order valence-electron chi connectivity index (χ1n) is 6.14. The summed E-state index contributed by atoms with van der Waals surface area (Å²) in [4.78, 5) is 2.47. The number of likely N-dealkylation sites (tertiary alicyclic amines) is 1. The molecule has 2 rings (SSSR count). The van der Waals surface area contributed by atoms with Crippen molar-refractivity contribution in [3.8, 4) is 0 Å². The van der Waals surface area contributed by atoms with Gasteiger partial charge in [-0.05, 0) is 49.3 Å². The minimum absolute atomic E-state index is 0.184. The summed E-state index contributed by atoms with van der Waals surface area (Å²) in [7, 11) is 0. The first-order valence-corrected chi connectivity index (χ1v) is 6.55. The van der Waals surface area contributed by atoms with Gasteiger partial charge in [0, 0.05) is 6.54 Å². The summed E-state index contributed by atoms with van der Waals surface area (Å²) in [5.74, 6) is 0. The van der Waals surface area contributed by atoms with Gasteiger partial charge in [0.25, 0.3) is 0 Å². The molecule has 1 saturated heterocycles. The Hall–Kier alpha value is -1.46. The molecule has 0 aromatic heterocycles. The van der Waals surface area contributed by atoms with Crippen LogP contribution in [0.2, 0.25) is 0 Å². The van der Waals surface area contributed by atoms with Gasteiger partial charge in [-0.3, -0.25) is 10.3 Å². The highest BCUT2D eigenvalue weighted by atomic mass is 32.1. The van der Waals surface area contributed by atoms with Crippen LogP contribution < -0.4 is 11.2 Å². The molecule has 0 saturated carbocycles. The van der Waals surface area contributed by atoms with E-state index < -0.39 is 0 Å². The van der Waals surface area contributed by atoms with E-state index in [0.717, 1.165) is 12.1 Å². The van der Waals surface area contributed by atoms with Crippen molar-refractivity contribution in [3.63, 3.8) is 0 Å². The number of nitrogens with zero attached hydrogens (tertiary/aromatic N) is 2. The van der Waals surface area contributed by atoms with Gasteiger partial charge >= 0.3 is 0 Å². The number of rotatable bonds is 4. The second kappa shape index (κ2) is 6.47. The lowest BCUT2D eigenvalue weighted by molar-refractivity contribution is 0.331. The van der Waals surface area contributed by atoms with Crippen molar-refractivity contribution in [1.82, 2.24) is 10.3 Å². The Kier molecular flexibility index (Phi) is 4.66.